The summed E-state index contributed by atoms with van der Waals surface area (Å²) >= 11 is 0. The molecule has 5 nitrogen and oxygen atoms in total. The van der Waals surface area contributed by atoms with E-state index < -0.39 is 0 Å². The largest absolute Gasteiger partial charge is 0.357 e. The van der Waals surface area contributed by atoms with Gasteiger partial charge in [0.2, 0.25) is 0 Å². The minimum atomic E-state index is -0.239. The van der Waals surface area contributed by atoms with Crippen molar-refractivity contribution in [3.05, 3.63) is 83.9 Å². The first kappa shape index (κ1) is 17.7. The molecule has 0 atom stereocenters. The van der Waals surface area contributed by atoms with E-state index in [1.165, 1.54) is 12.1 Å². The number of guanidine groups is 1. The number of para-hydroxylation sites is 1. The summed E-state index contributed by atoms with van der Waals surface area (Å²) in [5.74, 6) is 0.461. The summed E-state index contributed by atoms with van der Waals surface area (Å²) in [5.41, 5.74) is 2.90. The molecule has 0 saturated carbocycles. The Morgan fingerprint density at radius 1 is 1.04 bits per heavy atom. The molecule has 0 bridgehead atoms. The van der Waals surface area contributed by atoms with Crippen molar-refractivity contribution in [2.75, 3.05) is 6.54 Å². The zero-order chi connectivity index (χ0) is 18.2. The molecule has 2 N–H and O–H groups in total. The number of hydrogen-bond acceptors (Lipinski definition) is 2. The molecule has 0 fully saturated rings. The van der Waals surface area contributed by atoms with Crippen molar-refractivity contribution in [3.8, 4) is 5.69 Å². The first-order chi connectivity index (χ1) is 12.7. The monoisotopic (exact) mass is 351 g/mol. The highest BCUT2D eigenvalue weighted by molar-refractivity contribution is 5.79. The van der Waals surface area contributed by atoms with E-state index in [0.717, 1.165) is 23.5 Å². The van der Waals surface area contributed by atoms with Gasteiger partial charge in [0.1, 0.15) is 5.82 Å². The normalized spacial score (nSPS) is 11.4. The summed E-state index contributed by atoms with van der Waals surface area (Å²) in [6, 6.07) is 18.3. The predicted octanol–water partition coefficient (Wildman–Crippen LogP) is 3.27. The second-order valence-corrected chi connectivity index (χ2v) is 5.76. The lowest BCUT2D eigenvalue weighted by molar-refractivity contribution is 0.627. The van der Waals surface area contributed by atoms with E-state index >= 15 is 0 Å². The van der Waals surface area contributed by atoms with Gasteiger partial charge in [-0.3, -0.25) is 0 Å². The second kappa shape index (κ2) is 8.80. The number of halogens is 1. The molecule has 0 aliphatic heterocycles. The van der Waals surface area contributed by atoms with Crippen LogP contribution in [0.4, 0.5) is 4.39 Å². The third-order valence-corrected chi connectivity index (χ3v) is 3.78. The Labute approximate surface area is 152 Å². The Morgan fingerprint density at radius 3 is 2.54 bits per heavy atom. The summed E-state index contributed by atoms with van der Waals surface area (Å²) in [7, 11) is 0. The van der Waals surface area contributed by atoms with Gasteiger partial charge < -0.3 is 10.6 Å². The SMILES string of the molecule is CCNC(=NCc1ccc(F)cc1)NCc1ccn(-c2ccccc2)n1. The maximum Gasteiger partial charge on any atom is 0.191 e. The van der Waals surface area contributed by atoms with Gasteiger partial charge in [-0.05, 0) is 42.8 Å². The molecular weight excluding hydrogens is 329 g/mol. The number of aromatic nitrogens is 2. The molecule has 1 aromatic heterocycles. The van der Waals surface area contributed by atoms with Gasteiger partial charge in [0.15, 0.2) is 5.96 Å². The molecular formula is C20H22FN5. The van der Waals surface area contributed by atoms with Gasteiger partial charge in [-0.15, -0.1) is 0 Å². The molecule has 0 aliphatic carbocycles. The molecule has 3 aromatic rings. The Bertz CT molecular complexity index is 840. The average molecular weight is 351 g/mol. The van der Waals surface area contributed by atoms with Gasteiger partial charge >= 0.3 is 0 Å². The third-order valence-electron chi connectivity index (χ3n) is 3.78. The summed E-state index contributed by atoms with van der Waals surface area (Å²) < 4.78 is 14.8. The van der Waals surface area contributed by atoms with Crippen LogP contribution in [0, 0.1) is 5.82 Å². The minimum absolute atomic E-state index is 0.239. The third kappa shape index (κ3) is 4.92. The van der Waals surface area contributed by atoms with Crippen LogP contribution in [0.3, 0.4) is 0 Å². The Balaban J connectivity index is 1.61. The van der Waals surface area contributed by atoms with Crippen LogP contribution in [0.1, 0.15) is 18.2 Å². The minimum Gasteiger partial charge on any atom is -0.357 e. The number of benzene rings is 2. The fourth-order valence-electron chi connectivity index (χ4n) is 2.46. The topological polar surface area (TPSA) is 54.2 Å². The first-order valence-corrected chi connectivity index (χ1v) is 8.61. The van der Waals surface area contributed by atoms with Crippen LogP contribution < -0.4 is 10.6 Å². The van der Waals surface area contributed by atoms with Gasteiger partial charge in [-0.2, -0.15) is 5.10 Å². The summed E-state index contributed by atoms with van der Waals surface area (Å²) in [6.07, 6.45) is 1.94. The molecule has 0 spiro atoms. The Kier molecular flexibility index (Phi) is 5.98. The van der Waals surface area contributed by atoms with Crippen molar-refractivity contribution in [3.63, 3.8) is 0 Å². The fourth-order valence-corrected chi connectivity index (χ4v) is 2.46. The molecule has 26 heavy (non-hydrogen) atoms. The van der Waals surface area contributed by atoms with E-state index in [-0.39, 0.29) is 5.82 Å². The number of aliphatic imine (C=N–C) groups is 1. The van der Waals surface area contributed by atoms with Crippen LogP contribution in [0.5, 0.6) is 0 Å². The van der Waals surface area contributed by atoms with E-state index in [1.807, 2.05) is 54.2 Å². The molecule has 3 rings (SSSR count). The van der Waals surface area contributed by atoms with Gasteiger partial charge in [-0.25, -0.2) is 14.1 Å². The summed E-state index contributed by atoms with van der Waals surface area (Å²) in [6.45, 7) is 3.82. The van der Waals surface area contributed by atoms with Gasteiger partial charge in [-0.1, -0.05) is 30.3 Å². The highest BCUT2D eigenvalue weighted by Gasteiger charge is 2.03. The number of hydrogen-bond donors (Lipinski definition) is 2. The van der Waals surface area contributed by atoms with Crippen molar-refractivity contribution in [1.29, 1.82) is 0 Å². The zero-order valence-corrected chi connectivity index (χ0v) is 14.7. The lowest BCUT2D eigenvalue weighted by atomic mass is 10.2. The molecule has 1 heterocycles. The van der Waals surface area contributed by atoms with E-state index in [1.54, 1.807) is 12.1 Å². The van der Waals surface area contributed by atoms with Crippen LogP contribution >= 0.6 is 0 Å². The second-order valence-electron chi connectivity index (χ2n) is 5.76. The van der Waals surface area contributed by atoms with Crippen LogP contribution in [-0.4, -0.2) is 22.3 Å². The van der Waals surface area contributed by atoms with E-state index in [4.69, 9.17) is 0 Å². The first-order valence-electron chi connectivity index (χ1n) is 8.61. The van der Waals surface area contributed by atoms with Crippen LogP contribution in [0.15, 0.2) is 71.9 Å². The van der Waals surface area contributed by atoms with Crippen molar-refractivity contribution in [1.82, 2.24) is 20.4 Å². The molecule has 0 aliphatic rings. The van der Waals surface area contributed by atoms with E-state index in [9.17, 15) is 4.39 Å². The van der Waals surface area contributed by atoms with E-state index in [0.29, 0.717) is 19.0 Å². The molecule has 0 unspecified atom stereocenters. The highest BCUT2D eigenvalue weighted by Crippen LogP contribution is 2.07. The molecule has 0 amide bonds. The quantitative estimate of drug-likeness (QED) is 0.529. The summed E-state index contributed by atoms with van der Waals surface area (Å²) in [5, 5.41) is 11.0. The molecule has 2 aromatic carbocycles. The maximum atomic E-state index is 13.0. The zero-order valence-electron chi connectivity index (χ0n) is 14.7. The molecule has 0 saturated heterocycles. The van der Waals surface area contributed by atoms with Crippen LogP contribution in [0.2, 0.25) is 0 Å². The Hall–Kier alpha value is -3.15. The van der Waals surface area contributed by atoms with Crippen molar-refractivity contribution < 1.29 is 4.39 Å². The summed E-state index contributed by atoms with van der Waals surface area (Å²) in [4.78, 5) is 4.53. The van der Waals surface area contributed by atoms with Gasteiger partial charge in [0.25, 0.3) is 0 Å². The van der Waals surface area contributed by atoms with Crippen molar-refractivity contribution in [2.45, 2.75) is 20.0 Å². The predicted molar refractivity (Wildman–Crippen MR) is 102 cm³/mol. The number of rotatable bonds is 6. The van der Waals surface area contributed by atoms with Crippen molar-refractivity contribution in [2.24, 2.45) is 4.99 Å². The maximum absolute atomic E-state index is 13.0. The Morgan fingerprint density at radius 2 is 1.81 bits per heavy atom. The lowest BCUT2D eigenvalue weighted by Gasteiger charge is -2.10. The average Bonchev–Trinajstić information content (AvgIpc) is 3.15. The standard InChI is InChI=1S/C20H22FN5/c1-2-22-20(23-14-16-8-10-17(21)11-9-16)24-15-18-12-13-26(25-18)19-6-4-3-5-7-19/h3-13H,2,14-15H2,1H3,(H2,22,23,24). The van der Waals surface area contributed by atoms with Crippen LogP contribution in [0.25, 0.3) is 5.69 Å². The number of nitrogens with one attached hydrogen (secondary N) is 2. The number of nitrogens with zero attached hydrogens (tertiary/aromatic N) is 3. The molecule has 6 heteroatoms. The van der Waals surface area contributed by atoms with Crippen LogP contribution in [-0.2, 0) is 13.1 Å². The molecule has 0 radical (unpaired) electrons. The molecule has 134 valence electrons. The van der Waals surface area contributed by atoms with Gasteiger partial charge in [0, 0.05) is 12.7 Å². The lowest BCUT2D eigenvalue weighted by Crippen LogP contribution is -2.36. The highest BCUT2D eigenvalue weighted by atomic mass is 19.1. The van der Waals surface area contributed by atoms with Gasteiger partial charge in [0.05, 0.1) is 24.5 Å². The smallest absolute Gasteiger partial charge is 0.191 e. The van der Waals surface area contributed by atoms with E-state index in [2.05, 4.69) is 20.7 Å². The van der Waals surface area contributed by atoms with Crippen molar-refractivity contribution >= 4 is 5.96 Å². The fraction of sp³-hybridized carbons (Fsp3) is 0.200.